The van der Waals surface area contributed by atoms with Crippen LogP contribution in [0.4, 0.5) is 4.39 Å². The maximum atomic E-state index is 12.9. The van der Waals surface area contributed by atoms with Crippen molar-refractivity contribution in [2.45, 2.75) is 6.61 Å². The monoisotopic (exact) mass is 261 g/mol. The van der Waals surface area contributed by atoms with Crippen molar-refractivity contribution in [2.75, 3.05) is 6.26 Å². The summed E-state index contributed by atoms with van der Waals surface area (Å²) >= 11 is 1.21. The lowest BCUT2D eigenvalue weighted by Crippen LogP contribution is -2.02. The minimum Gasteiger partial charge on any atom is -0.263 e. The first kappa shape index (κ1) is 11.4. The molecule has 1 aromatic carbocycles. The van der Waals surface area contributed by atoms with Crippen LogP contribution in [-0.4, -0.2) is 19.7 Å². The highest BCUT2D eigenvalue weighted by Crippen LogP contribution is 2.23. The van der Waals surface area contributed by atoms with Crippen molar-refractivity contribution in [1.82, 2.24) is 4.98 Å². The Morgan fingerprint density at radius 2 is 2.25 bits per heavy atom. The number of hydrogen-bond acceptors (Lipinski definition) is 5. The van der Waals surface area contributed by atoms with Gasteiger partial charge in [0.05, 0.1) is 16.5 Å². The van der Waals surface area contributed by atoms with Gasteiger partial charge in [0.2, 0.25) is 0 Å². The van der Waals surface area contributed by atoms with E-state index in [1.807, 2.05) is 0 Å². The lowest BCUT2D eigenvalue weighted by atomic mass is 10.3. The van der Waals surface area contributed by atoms with Crippen LogP contribution in [0.3, 0.4) is 0 Å². The zero-order valence-electron chi connectivity index (χ0n) is 8.31. The minimum absolute atomic E-state index is 0.111. The van der Waals surface area contributed by atoms with Crippen LogP contribution in [0.1, 0.15) is 5.01 Å². The third-order valence-corrected chi connectivity index (χ3v) is 3.33. The van der Waals surface area contributed by atoms with Gasteiger partial charge in [0.15, 0.2) is 0 Å². The van der Waals surface area contributed by atoms with Crippen LogP contribution in [-0.2, 0) is 20.9 Å². The Bertz CT molecular complexity index is 621. The van der Waals surface area contributed by atoms with E-state index in [1.165, 1.54) is 23.5 Å². The third-order valence-electron chi connectivity index (χ3n) is 1.79. The Kier molecular flexibility index (Phi) is 2.92. The smallest absolute Gasteiger partial charge is 0.263 e. The molecule has 0 amide bonds. The van der Waals surface area contributed by atoms with Crippen LogP contribution < -0.4 is 0 Å². The largest absolute Gasteiger partial charge is 0.264 e. The standard InChI is InChI=1S/C9H8FNO3S2/c1-16(12,13)14-5-9-11-7-3-2-6(10)4-8(7)15-9/h2-4H,5H2,1H3. The van der Waals surface area contributed by atoms with Crippen LogP contribution >= 0.6 is 11.3 Å². The Balaban J connectivity index is 2.26. The lowest BCUT2D eigenvalue weighted by Gasteiger charge is -1.95. The summed E-state index contributed by atoms with van der Waals surface area (Å²) in [4.78, 5) is 4.12. The molecule has 0 aliphatic carbocycles. The van der Waals surface area contributed by atoms with Crippen LogP contribution in [0.5, 0.6) is 0 Å². The van der Waals surface area contributed by atoms with Gasteiger partial charge in [0.25, 0.3) is 10.1 Å². The normalized spacial score (nSPS) is 12.1. The topological polar surface area (TPSA) is 56.3 Å². The molecule has 7 heteroatoms. The number of fused-ring (bicyclic) bond motifs is 1. The molecule has 0 atom stereocenters. The Morgan fingerprint density at radius 3 is 2.94 bits per heavy atom. The summed E-state index contributed by atoms with van der Waals surface area (Å²) in [5.41, 5.74) is 0.638. The molecule has 2 aromatic rings. The highest BCUT2D eigenvalue weighted by Gasteiger charge is 2.08. The van der Waals surface area contributed by atoms with Crippen LogP contribution in [0.15, 0.2) is 18.2 Å². The minimum atomic E-state index is -3.48. The zero-order chi connectivity index (χ0) is 11.8. The Morgan fingerprint density at radius 1 is 1.50 bits per heavy atom. The second-order valence-electron chi connectivity index (χ2n) is 3.19. The average molecular weight is 261 g/mol. The van der Waals surface area contributed by atoms with E-state index in [-0.39, 0.29) is 12.4 Å². The van der Waals surface area contributed by atoms with Crippen LogP contribution in [0, 0.1) is 5.82 Å². The van der Waals surface area contributed by atoms with Gasteiger partial charge in [0.1, 0.15) is 17.4 Å². The van der Waals surface area contributed by atoms with E-state index >= 15 is 0 Å². The molecule has 0 unspecified atom stereocenters. The molecule has 0 N–H and O–H groups in total. The van der Waals surface area contributed by atoms with Gasteiger partial charge in [-0.25, -0.2) is 9.37 Å². The van der Waals surface area contributed by atoms with E-state index in [9.17, 15) is 12.8 Å². The molecule has 0 radical (unpaired) electrons. The molecule has 0 aliphatic heterocycles. The number of thiazole rings is 1. The molecule has 4 nitrogen and oxygen atoms in total. The number of benzene rings is 1. The van der Waals surface area contributed by atoms with E-state index in [4.69, 9.17) is 0 Å². The first-order valence-corrected chi connectivity index (χ1v) is 6.97. The molecule has 86 valence electrons. The van der Waals surface area contributed by atoms with E-state index in [1.54, 1.807) is 6.07 Å². The predicted octanol–water partition coefficient (Wildman–Crippen LogP) is 1.91. The fraction of sp³-hybridized carbons (Fsp3) is 0.222. The van der Waals surface area contributed by atoms with Gasteiger partial charge < -0.3 is 0 Å². The molecule has 1 aromatic heterocycles. The fourth-order valence-corrected chi connectivity index (χ4v) is 2.47. The van der Waals surface area contributed by atoms with Gasteiger partial charge in [-0.1, -0.05) is 0 Å². The number of nitrogens with zero attached hydrogens (tertiary/aromatic N) is 1. The summed E-state index contributed by atoms with van der Waals surface area (Å²) in [5.74, 6) is -0.341. The van der Waals surface area contributed by atoms with Crippen LogP contribution in [0.25, 0.3) is 10.2 Å². The summed E-state index contributed by atoms with van der Waals surface area (Å²) in [5, 5.41) is 0.506. The maximum Gasteiger partial charge on any atom is 0.264 e. The highest BCUT2D eigenvalue weighted by molar-refractivity contribution is 7.85. The lowest BCUT2D eigenvalue weighted by molar-refractivity contribution is 0.311. The van der Waals surface area contributed by atoms with E-state index in [2.05, 4.69) is 9.17 Å². The molecule has 16 heavy (non-hydrogen) atoms. The molecule has 0 saturated carbocycles. The molecular weight excluding hydrogens is 253 g/mol. The number of rotatable bonds is 3. The summed E-state index contributed by atoms with van der Waals surface area (Å²) in [6, 6.07) is 4.21. The molecule has 0 fully saturated rings. The van der Waals surface area contributed by atoms with Gasteiger partial charge in [0, 0.05) is 0 Å². The molecule has 1 heterocycles. The van der Waals surface area contributed by atoms with Gasteiger partial charge in [-0.2, -0.15) is 8.42 Å². The number of hydrogen-bond donors (Lipinski definition) is 0. The molecule has 0 spiro atoms. The van der Waals surface area contributed by atoms with Crippen LogP contribution in [0.2, 0.25) is 0 Å². The summed E-state index contributed by atoms with van der Waals surface area (Å²) in [6.07, 6.45) is 0.972. The summed E-state index contributed by atoms with van der Waals surface area (Å²) < 4.78 is 39.7. The Hall–Kier alpha value is -1.05. The second kappa shape index (κ2) is 4.08. The van der Waals surface area contributed by atoms with Crippen molar-refractivity contribution in [3.8, 4) is 0 Å². The summed E-state index contributed by atoms with van der Waals surface area (Å²) in [6.45, 7) is -0.111. The second-order valence-corrected chi connectivity index (χ2v) is 5.95. The van der Waals surface area contributed by atoms with Crippen molar-refractivity contribution in [2.24, 2.45) is 0 Å². The summed E-state index contributed by atoms with van der Waals surface area (Å²) in [7, 11) is -3.48. The van der Waals surface area contributed by atoms with Crippen molar-refractivity contribution in [1.29, 1.82) is 0 Å². The average Bonchev–Trinajstić information content (AvgIpc) is 2.55. The van der Waals surface area contributed by atoms with Crippen molar-refractivity contribution in [3.63, 3.8) is 0 Å². The Labute approximate surface area is 95.8 Å². The molecule has 0 saturated heterocycles. The fourth-order valence-electron chi connectivity index (χ4n) is 1.17. The van der Waals surface area contributed by atoms with Gasteiger partial charge in [-0.3, -0.25) is 4.18 Å². The molecule has 2 rings (SSSR count). The zero-order valence-corrected chi connectivity index (χ0v) is 9.94. The first-order chi connectivity index (χ1) is 7.44. The van der Waals surface area contributed by atoms with Gasteiger partial charge >= 0.3 is 0 Å². The predicted molar refractivity (Wildman–Crippen MR) is 59.2 cm³/mol. The van der Waals surface area contributed by atoms with E-state index in [0.29, 0.717) is 15.2 Å². The highest BCUT2D eigenvalue weighted by atomic mass is 32.2. The van der Waals surface area contributed by atoms with E-state index in [0.717, 1.165) is 6.26 Å². The number of halogens is 1. The molecular formula is C9H8FNO3S2. The maximum absolute atomic E-state index is 12.9. The van der Waals surface area contributed by atoms with Crippen molar-refractivity contribution < 1.29 is 17.0 Å². The third kappa shape index (κ3) is 2.75. The molecule has 0 bridgehead atoms. The first-order valence-electron chi connectivity index (χ1n) is 4.33. The van der Waals surface area contributed by atoms with Crippen molar-refractivity contribution >= 4 is 31.7 Å². The quantitative estimate of drug-likeness (QED) is 0.792. The van der Waals surface area contributed by atoms with E-state index < -0.39 is 10.1 Å². The molecule has 0 aliphatic rings. The van der Waals surface area contributed by atoms with Crippen molar-refractivity contribution in [3.05, 3.63) is 29.0 Å². The van der Waals surface area contributed by atoms with Gasteiger partial charge in [-0.15, -0.1) is 11.3 Å². The SMILES string of the molecule is CS(=O)(=O)OCc1nc2ccc(F)cc2s1. The van der Waals surface area contributed by atoms with Gasteiger partial charge in [-0.05, 0) is 18.2 Å². The number of aromatic nitrogens is 1.